The smallest absolute Gasteiger partial charge is 0.272 e. The quantitative estimate of drug-likeness (QED) is 0.0949. The Morgan fingerprint density at radius 2 is 1.58 bits per heavy atom. The van der Waals surface area contributed by atoms with Crippen LogP contribution >= 0.6 is 23.1 Å². The number of thioether (sulfide) groups is 1. The Hall–Kier alpha value is -5.71. The van der Waals surface area contributed by atoms with Crippen molar-refractivity contribution >= 4 is 68.5 Å². The van der Waals surface area contributed by atoms with E-state index in [1.807, 2.05) is 84.2 Å². The summed E-state index contributed by atoms with van der Waals surface area (Å²) in [6.07, 6.45) is 1.68. The second-order valence-electron chi connectivity index (χ2n) is 10.5. The van der Waals surface area contributed by atoms with Crippen molar-refractivity contribution in [2.45, 2.75) is 4.90 Å². The molecule has 0 aliphatic heterocycles. The molecule has 6 rings (SSSR count). The minimum Gasteiger partial charge on any atom is -0.497 e. The number of carbonyl (C=O) groups excluding carboxylic acids is 3. The summed E-state index contributed by atoms with van der Waals surface area (Å²) >= 11 is 2.69. The third-order valence-corrected chi connectivity index (χ3v) is 9.00. The number of hydrogen-bond donors (Lipinski definition) is 3. The molecular formula is C38H30N4O4S2. The molecule has 0 bridgehead atoms. The number of fused-ring (bicyclic) bond motifs is 1. The third-order valence-electron chi connectivity index (χ3n) is 7.25. The van der Waals surface area contributed by atoms with Crippen molar-refractivity contribution in [2.24, 2.45) is 0 Å². The maximum atomic E-state index is 13.7. The van der Waals surface area contributed by atoms with Crippen molar-refractivity contribution in [3.63, 3.8) is 0 Å². The summed E-state index contributed by atoms with van der Waals surface area (Å²) in [4.78, 5) is 44.9. The zero-order valence-corrected chi connectivity index (χ0v) is 27.4. The molecule has 3 amide bonds. The average Bonchev–Trinajstić information content (AvgIpc) is 3.59. The maximum Gasteiger partial charge on any atom is 0.272 e. The van der Waals surface area contributed by atoms with E-state index in [9.17, 15) is 14.4 Å². The second kappa shape index (κ2) is 15.3. The summed E-state index contributed by atoms with van der Waals surface area (Å²) in [5.41, 5.74) is 3.53. The highest BCUT2D eigenvalue weighted by molar-refractivity contribution is 8.00. The van der Waals surface area contributed by atoms with Crippen LogP contribution in [0.25, 0.3) is 28.1 Å². The van der Waals surface area contributed by atoms with Crippen LogP contribution in [0.5, 0.6) is 5.75 Å². The maximum absolute atomic E-state index is 13.7. The summed E-state index contributed by atoms with van der Waals surface area (Å²) in [5, 5.41) is 12.9. The lowest BCUT2D eigenvalue weighted by atomic mass is 10.0. The minimum atomic E-state index is -0.483. The van der Waals surface area contributed by atoms with Crippen molar-refractivity contribution in [3.05, 3.63) is 144 Å². The fraction of sp³-hybridized carbons (Fsp3) is 0.0526. The molecule has 8 nitrogen and oxygen atoms in total. The Morgan fingerprint density at radius 3 is 2.40 bits per heavy atom. The number of aromatic nitrogens is 1. The van der Waals surface area contributed by atoms with E-state index in [4.69, 9.17) is 4.74 Å². The van der Waals surface area contributed by atoms with E-state index in [2.05, 4.69) is 20.9 Å². The van der Waals surface area contributed by atoms with Crippen LogP contribution in [0.2, 0.25) is 0 Å². The molecule has 1 aromatic heterocycles. The van der Waals surface area contributed by atoms with Gasteiger partial charge in [0, 0.05) is 27.1 Å². The highest BCUT2D eigenvalue weighted by Crippen LogP contribution is 2.28. The van der Waals surface area contributed by atoms with Gasteiger partial charge in [0.05, 0.1) is 18.6 Å². The molecular weight excluding hydrogens is 641 g/mol. The molecule has 238 valence electrons. The van der Waals surface area contributed by atoms with Crippen LogP contribution in [0.3, 0.4) is 0 Å². The molecule has 0 aliphatic rings. The van der Waals surface area contributed by atoms with Crippen LogP contribution in [0, 0.1) is 0 Å². The summed E-state index contributed by atoms with van der Waals surface area (Å²) in [5.74, 6) is -0.175. The molecule has 0 unspecified atom stereocenters. The van der Waals surface area contributed by atoms with Gasteiger partial charge in [-0.25, -0.2) is 4.98 Å². The molecule has 10 heteroatoms. The van der Waals surface area contributed by atoms with Gasteiger partial charge < -0.3 is 20.7 Å². The first-order valence-corrected chi connectivity index (χ1v) is 16.8. The Balaban J connectivity index is 1.13. The van der Waals surface area contributed by atoms with Gasteiger partial charge in [0.2, 0.25) is 5.91 Å². The lowest BCUT2D eigenvalue weighted by Gasteiger charge is -2.13. The predicted molar refractivity (Wildman–Crippen MR) is 194 cm³/mol. The summed E-state index contributed by atoms with van der Waals surface area (Å²) in [7, 11) is 1.62. The van der Waals surface area contributed by atoms with Gasteiger partial charge in [-0.1, -0.05) is 66.7 Å². The van der Waals surface area contributed by atoms with Gasteiger partial charge in [-0.15, -0.1) is 23.1 Å². The van der Waals surface area contributed by atoms with E-state index in [1.165, 1.54) is 23.1 Å². The van der Waals surface area contributed by atoms with Crippen LogP contribution in [0.4, 0.5) is 10.8 Å². The summed E-state index contributed by atoms with van der Waals surface area (Å²) in [6, 6.07) is 37.2. The monoisotopic (exact) mass is 670 g/mol. The highest BCUT2D eigenvalue weighted by Gasteiger charge is 2.16. The lowest BCUT2D eigenvalue weighted by molar-refractivity contribution is -0.114. The van der Waals surface area contributed by atoms with Gasteiger partial charge in [0.25, 0.3) is 11.8 Å². The van der Waals surface area contributed by atoms with Crippen molar-refractivity contribution in [3.8, 4) is 17.0 Å². The highest BCUT2D eigenvalue weighted by atomic mass is 32.2. The van der Waals surface area contributed by atoms with Gasteiger partial charge >= 0.3 is 0 Å². The standard InChI is InChI=1S/C38H30N4O4S2/c1-46-30-19-17-26(18-20-30)34-23-48-38(41-34)42-35(43)24-47-31-15-8-14-29(22-31)39-37(45)33(40-36(44)27-10-3-2-4-11-27)21-28-13-7-12-25-9-5-6-16-32(25)28/h2-23H,24H2,1H3,(H,39,45)(H,40,44)(H,41,42,43)/b33-21+. The first-order chi connectivity index (χ1) is 23.4. The van der Waals surface area contributed by atoms with E-state index in [0.717, 1.165) is 38.2 Å². The molecule has 0 radical (unpaired) electrons. The van der Waals surface area contributed by atoms with E-state index in [0.29, 0.717) is 16.4 Å². The van der Waals surface area contributed by atoms with Crippen LogP contribution in [0.15, 0.2) is 137 Å². The average molecular weight is 671 g/mol. The Labute approximate surface area is 285 Å². The zero-order chi connectivity index (χ0) is 33.3. The zero-order valence-electron chi connectivity index (χ0n) is 25.8. The molecule has 0 spiro atoms. The number of amides is 3. The first-order valence-electron chi connectivity index (χ1n) is 14.9. The normalized spacial score (nSPS) is 11.1. The molecule has 0 aliphatic carbocycles. The predicted octanol–water partition coefficient (Wildman–Crippen LogP) is 8.11. The van der Waals surface area contributed by atoms with E-state index in [1.54, 1.807) is 55.7 Å². The fourth-order valence-electron chi connectivity index (χ4n) is 4.87. The van der Waals surface area contributed by atoms with Crippen molar-refractivity contribution in [2.75, 3.05) is 23.5 Å². The number of rotatable bonds is 11. The molecule has 48 heavy (non-hydrogen) atoms. The topological polar surface area (TPSA) is 109 Å². The Morgan fingerprint density at radius 1 is 0.833 bits per heavy atom. The number of nitrogens with one attached hydrogen (secondary N) is 3. The molecule has 0 saturated heterocycles. The summed E-state index contributed by atoms with van der Waals surface area (Å²) in [6.45, 7) is 0. The Kier molecular flexibility index (Phi) is 10.2. The largest absolute Gasteiger partial charge is 0.497 e. The number of anilines is 2. The van der Waals surface area contributed by atoms with Gasteiger partial charge in [0.1, 0.15) is 11.4 Å². The molecule has 0 atom stereocenters. The van der Waals surface area contributed by atoms with Crippen LogP contribution in [-0.4, -0.2) is 35.6 Å². The van der Waals surface area contributed by atoms with Gasteiger partial charge in [-0.3, -0.25) is 14.4 Å². The molecule has 0 saturated carbocycles. The number of carbonyl (C=O) groups is 3. The number of benzene rings is 5. The van der Waals surface area contributed by atoms with Crippen LogP contribution < -0.4 is 20.7 Å². The van der Waals surface area contributed by atoms with Gasteiger partial charge in [-0.2, -0.15) is 0 Å². The van der Waals surface area contributed by atoms with E-state index < -0.39 is 11.8 Å². The van der Waals surface area contributed by atoms with Gasteiger partial charge in [-0.05, 0) is 77.0 Å². The molecule has 1 heterocycles. The van der Waals surface area contributed by atoms with Crippen LogP contribution in [-0.2, 0) is 9.59 Å². The number of hydrogen-bond acceptors (Lipinski definition) is 7. The number of thiazole rings is 1. The van der Waals surface area contributed by atoms with Gasteiger partial charge in [0.15, 0.2) is 5.13 Å². The van der Waals surface area contributed by atoms with Crippen molar-refractivity contribution < 1.29 is 19.1 Å². The minimum absolute atomic E-state index is 0.0927. The fourth-order valence-corrected chi connectivity index (χ4v) is 6.36. The Bertz CT molecular complexity index is 2110. The van der Waals surface area contributed by atoms with Crippen molar-refractivity contribution in [1.29, 1.82) is 0 Å². The van der Waals surface area contributed by atoms with E-state index >= 15 is 0 Å². The number of methoxy groups -OCH3 is 1. The number of nitrogens with zero attached hydrogens (tertiary/aromatic N) is 1. The first kappa shape index (κ1) is 32.2. The van der Waals surface area contributed by atoms with Crippen molar-refractivity contribution in [1.82, 2.24) is 10.3 Å². The van der Waals surface area contributed by atoms with Crippen LogP contribution in [0.1, 0.15) is 15.9 Å². The summed E-state index contributed by atoms with van der Waals surface area (Å²) < 4.78 is 5.21. The van der Waals surface area contributed by atoms with E-state index in [-0.39, 0.29) is 17.4 Å². The SMILES string of the molecule is COc1ccc(-c2csc(NC(=O)CSc3cccc(NC(=O)/C(=C\c4cccc5ccccc45)NC(=O)c4ccccc4)c3)n2)cc1. The second-order valence-corrected chi connectivity index (χ2v) is 12.4. The third kappa shape index (κ3) is 8.16. The molecule has 6 aromatic rings. The molecule has 3 N–H and O–H groups in total. The lowest BCUT2D eigenvalue weighted by Crippen LogP contribution is -2.30. The molecule has 5 aromatic carbocycles. The molecule has 0 fully saturated rings. The number of ether oxygens (including phenoxy) is 1.